The number of carbonyl (C=O) groups is 1. The number of aromatic nitrogens is 1. The fourth-order valence-corrected chi connectivity index (χ4v) is 2.88. The van der Waals surface area contributed by atoms with Gasteiger partial charge in [0.25, 0.3) is 5.91 Å². The Morgan fingerprint density at radius 2 is 2.21 bits per heavy atom. The first-order valence-electron chi connectivity index (χ1n) is 5.92. The molecule has 0 aliphatic heterocycles. The molecule has 1 aromatic heterocycles. The Morgan fingerprint density at radius 3 is 2.68 bits per heavy atom. The van der Waals surface area contributed by atoms with Crippen molar-refractivity contribution in [3.8, 4) is 0 Å². The van der Waals surface area contributed by atoms with Gasteiger partial charge in [-0.15, -0.1) is 0 Å². The number of carbonyl (C=O) groups excluding carboxylic acids is 1. The molecule has 1 heterocycles. The van der Waals surface area contributed by atoms with Gasteiger partial charge < -0.3 is 10.3 Å². The van der Waals surface area contributed by atoms with Gasteiger partial charge in [0.15, 0.2) is 0 Å². The summed E-state index contributed by atoms with van der Waals surface area (Å²) >= 11 is 3.25. The van der Waals surface area contributed by atoms with Crippen molar-refractivity contribution >= 4 is 31.9 Å². The van der Waals surface area contributed by atoms with Gasteiger partial charge in [-0.05, 0) is 28.4 Å². The quantitative estimate of drug-likeness (QED) is 0.723. The Balaban J connectivity index is 2.33. The van der Waals surface area contributed by atoms with E-state index in [1.54, 1.807) is 19.2 Å². The Morgan fingerprint density at radius 1 is 1.53 bits per heavy atom. The monoisotopic (exact) mass is 351 g/mol. The average molecular weight is 352 g/mol. The minimum atomic E-state index is -3.16. The highest BCUT2D eigenvalue weighted by Crippen LogP contribution is 2.10. The van der Waals surface area contributed by atoms with Gasteiger partial charge in [0, 0.05) is 30.3 Å². The highest BCUT2D eigenvalue weighted by Gasteiger charge is 2.13. The molecule has 0 radical (unpaired) electrons. The molecule has 108 valence electrons. The largest absolute Gasteiger partial charge is 0.356 e. The van der Waals surface area contributed by atoms with Gasteiger partial charge in [-0.2, -0.15) is 0 Å². The minimum Gasteiger partial charge on any atom is -0.356 e. The lowest BCUT2D eigenvalue weighted by atomic mass is 10.3. The van der Waals surface area contributed by atoms with Crippen LogP contribution >= 0.6 is 15.9 Å². The summed E-state index contributed by atoms with van der Waals surface area (Å²) in [7, 11) is -3.16. The number of hydrogen-bond donors (Lipinski definition) is 2. The van der Waals surface area contributed by atoms with Crippen LogP contribution in [0, 0.1) is 0 Å². The molecule has 0 spiro atoms. The van der Waals surface area contributed by atoms with Crippen molar-refractivity contribution in [2.45, 2.75) is 13.3 Å². The third-order valence-corrected chi connectivity index (χ3v) is 4.42. The van der Waals surface area contributed by atoms with Gasteiger partial charge in [-0.3, -0.25) is 4.79 Å². The summed E-state index contributed by atoms with van der Waals surface area (Å²) in [4.78, 5) is 14.5. The van der Waals surface area contributed by atoms with Gasteiger partial charge >= 0.3 is 0 Å². The molecule has 0 aliphatic rings. The zero-order chi connectivity index (χ0) is 14.5. The van der Waals surface area contributed by atoms with Crippen LogP contribution in [0.1, 0.15) is 23.8 Å². The second kappa shape index (κ2) is 7.06. The molecule has 0 atom stereocenters. The Kier molecular flexibility index (Phi) is 6.02. The third-order valence-electron chi connectivity index (χ3n) is 2.58. The van der Waals surface area contributed by atoms with Gasteiger partial charge in [0.05, 0.1) is 6.26 Å². The predicted molar refractivity (Wildman–Crippen MR) is 77.5 cm³/mol. The minimum absolute atomic E-state index is 0.201. The van der Waals surface area contributed by atoms with E-state index >= 15 is 0 Å². The molecule has 0 aliphatic carbocycles. The molecule has 1 rings (SSSR count). The van der Waals surface area contributed by atoms with Gasteiger partial charge in [-0.1, -0.05) is 6.92 Å². The van der Waals surface area contributed by atoms with Crippen LogP contribution in [0.3, 0.4) is 0 Å². The molecule has 8 heteroatoms. The molecule has 0 fully saturated rings. The number of aromatic amines is 1. The van der Waals surface area contributed by atoms with Gasteiger partial charge in [-0.25, -0.2) is 12.7 Å². The fourth-order valence-electron chi connectivity index (χ4n) is 1.61. The molecule has 2 N–H and O–H groups in total. The van der Waals surface area contributed by atoms with Crippen LogP contribution in [0.2, 0.25) is 0 Å². The first-order chi connectivity index (χ1) is 8.84. The second-order valence-corrected chi connectivity index (χ2v) is 6.99. The van der Waals surface area contributed by atoms with Crippen molar-refractivity contribution in [3.05, 3.63) is 22.4 Å². The number of halogens is 1. The molecule has 0 saturated heterocycles. The lowest BCUT2D eigenvalue weighted by Gasteiger charge is -2.17. The van der Waals surface area contributed by atoms with E-state index in [-0.39, 0.29) is 5.91 Å². The molecule has 6 nitrogen and oxygen atoms in total. The van der Waals surface area contributed by atoms with Crippen LogP contribution in [0.5, 0.6) is 0 Å². The number of rotatable bonds is 7. The summed E-state index contributed by atoms with van der Waals surface area (Å²) in [6, 6.07) is 1.68. The molecule has 0 unspecified atom stereocenters. The van der Waals surface area contributed by atoms with Crippen LogP contribution in [0.15, 0.2) is 16.7 Å². The van der Waals surface area contributed by atoms with E-state index in [0.717, 1.165) is 4.47 Å². The van der Waals surface area contributed by atoms with Crippen LogP contribution in [0.25, 0.3) is 0 Å². The van der Waals surface area contributed by atoms with Crippen molar-refractivity contribution < 1.29 is 13.2 Å². The van der Waals surface area contributed by atoms with Gasteiger partial charge in [0.1, 0.15) is 5.69 Å². The highest BCUT2D eigenvalue weighted by atomic mass is 79.9. The lowest BCUT2D eigenvalue weighted by molar-refractivity contribution is 0.0948. The number of amides is 1. The van der Waals surface area contributed by atoms with E-state index in [2.05, 4.69) is 26.2 Å². The third kappa shape index (κ3) is 5.33. The van der Waals surface area contributed by atoms with E-state index in [1.807, 2.05) is 0 Å². The Labute approximate surface area is 121 Å². The maximum Gasteiger partial charge on any atom is 0.267 e. The molecule has 1 aromatic rings. The maximum atomic E-state index is 11.7. The number of nitrogens with one attached hydrogen (secondary N) is 2. The predicted octanol–water partition coefficient (Wildman–Crippen LogP) is 1.18. The zero-order valence-electron chi connectivity index (χ0n) is 10.9. The van der Waals surface area contributed by atoms with E-state index in [4.69, 9.17) is 0 Å². The van der Waals surface area contributed by atoms with Crippen LogP contribution < -0.4 is 5.32 Å². The lowest BCUT2D eigenvalue weighted by Crippen LogP contribution is -2.33. The van der Waals surface area contributed by atoms with Crippen molar-refractivity contribution in [3.63, 3.8) is 0 Å². The molecule has 0 aromatic carbocycles. The molecule has 1 amide bonds. The summed E-state index contributed by atoms with van der Waals surface area (Å²) in [5.74, 6) is -0.201. The van der Waals surface area contributed by atoms with E-state index in [9.17, 15) is 13.2 Å². The number of H-pyrrole nitrogens is 1. The SMILES string of the molecule is CCN(CCCNC(=O)c1cc(Br)c[nH]1)S(C)(=O)=O. The Bertz CT molecular complexity index is 527. The first kappa shape index (κ1) is 16.2. The molecule has 0 bridgehead atoms. The highest BCUT2D eigenvalue weighted by molar-refractivity contribution is 9.10. The smallest absolute Gasteiger partial charge is 0.267 e. The second-order valence-electron chi connectivity index (χ2n) is 4.10. The van der Waals surface area contributed by atoms with E-state index in [1.165, 1.54) is 10.6 Å². The summed E-state index contributed by atoms with van der Waals surface area (Å²) in [5.41, 5.74) is 0.474. The van der Waals surface area contributed by atoms with Crippen molar-refractivity contribution in [2.24, 2.45) is 0 Å². The number of sulfonamides is 1. The summed E-state index contributed by atoms with van der Waals surface area (Å²) in [5, 5.41) is 2.73. The van der Waals surface area contributed by atoms with Crippen molar-refractivity contribution in [1.82, 2.24) is 14.6 Å². The fraction of sp³-hybridized carbons (Fsp3) is 0.545. The van der Waals surface area contributed by atoms with Crippen LogP contribution in [-0.2, 0) is 10.0 Å². The maximum absolute atomic E-state index is 11.7. The number of nitrogens with zero attached hydrogens (tertiary/aromatic N) is 1. The van der Waals surface area contributed by atoms with Crippen molar-refractivity contribution in [1.29, 1.82) is 0 Å². The molecule has 19 heavy (non-hydrogen) atoms. The first-order valence-corrected chi connectivity index (χ1v) is 8.56. The molecule has 0 saturated carbocycles. The summed E-state index contributed by atoms with van der Waals surface area (Å²) in [6.07, 6.45) is 3.44. The van der Waals surface area contributed by atoms with E-state index < -0.39 is 10.0 Å². The number of hydrogen-bond acceptors (Lipinski definition) is 3. The zero-order valence-corrected chi connectivity index (χ0v) is 13.3. The topological polar surface area (TPSA) is 82.3 Å². The normalized spacial score (nSPS) is 11.8. The van der Waals surface area contributed by atoms with Gasteiger partial charge in [0.2, 0.25) is 10.0 Å². The molecular weight excluding hydrogens is 334 g/mol. The van der Waals surface area contributed by atoms with Crippen molar-refractivity contribution in [2.75, 3.05) is 25.9 Å². The van der Waals surface area contributed by atoms with Crippen LogP contribution in [0.4, 0.5) is 0 Å². The standard InChI is InChI=1S/C11H18BrN3O3S/c1-3-15(19(2,17)18)6-4-5-13-11(16)10-7-9(12)8-14-10/h7-8,14H,3-6H2,1-2H3,(H,13,16). The summed E-state index contributed by atoms with van der Waals surface area (Å²) < 4.78 is 24.9. The Hall–Kier alpha value is -0.860. The van der Waals surface area contributed by atoms with E-state index in [0.29, 0.717) is 31.7 Å². The average Bonchev–Trinajstić information content (AvgIpc) is 2.74. The summed E-state index contributed by atoms with van der Waals surface area (Å²) in [6.45, 7) is 3.07. The van der Waals surface area contributed by atoms with Crippen LogP contribution in [-0.4, -0.2) is 49.5 Å². The molecular formula is C11H18BrN3O3S.